The van der Waals surface area contributed by atoms with Crippen LogP contribution in [-0.2, 0) is 5.41 Å². The van der Waals surface area contributed by atoms with E-state index in [0.717, 1.165) is 39.3 Å². The zero-order chi connectivity index (χ0) is 43.0. The van der Waals surface area contributed by atoms with E-state index in [1.807, 2.05) is 60.7 Å². The largest absolute Gasteiger partial charge is 0.311 e. The molecule has 0 atom stereocenters. The molecule has 10 aromatic rings. The van der Waals surface area contributed by atoms with Crippen molar-refractivity contribution >= 4 is 17.1 Å². The molecule has 1 heterocycles. The molecule has 11 rings (SSSR count). The van der Waals surface area contributed by atoms with E-state index in [9.17, 15) is 0 Å². The Labute approximate surface area is 374 Å². The standard InChI is InChI=1S/C60H44N4/c1-60(2)55-21-13-12-20-53(55)54-39-32-49(40-56(54)60)45-28-35-51(36-29-45)64(50-33-26-44(27-34-50)43-24-22-42(23-25-43)41-14-6-3-7-15-41)52-37-30-48(31-38-52)59-62-57(46-16-8-4-9-17-46)61-58(63-59)47-18-10-5-11-19-47/h3-40H,1-2H3. The molecule has 0 saturated carbocycles. The third-order valence-electron chi connectivity index (χ3n) is 12.6. The van der Waals surface area contributed by atoms with Gasteiger partial charge in [0.2, 0.25) is 0 Å². The van der Waals surface area contributed by atoms with Crippen LogP contribution in [-0.4, -0.2) is 15.0 Å². The topological polar surface area (TPSA) is 41.9 Å². The maximum absolute atomic E-state index is 5.00. The molecular weight excluding hydrogens is 777 g/mol. The first-order chi connectivity index (χ1) is 31.5. The van der Waals surface area contributed by atoms with Crippen LogP contribution in [0.1, 0.15) is 25.0 Å². The number of rotatable bonds is 9. The fourth-order valence-electron chi connectivity index (χ4n) is 9.12. The van der Waals surface area contributed by atoms with E-state index in [4.69, 9.17) is 15.0 Å². The van der Waals surface area contributed by atoms with Gasteiger partial charge in [0.25, 0.3) is 0 Å². The number of anilines is 3. The molecule has 0 bridgehead atoms. The fraction of sp³-hybridized carbons (Fsp3) is 0.0500. The van der Waals surface area contributed by atoms with Gasteiger partial charge in [0.15, 0.2) is 17.5 Å². The Hall–Kier alpha value is -8.21. The minimum absolute atomic E-state index is 0.0610. The zero-order valence-corrected chi connectivity index (χ0v) is 35.7. The number of aromatic nitrogens is 3. The smallest absolute Gasteiger partial charge is 0.164 e. The summed E-state index contributed by atoms with van der Waals surface area (Å²) in [7, 11) is 0. The van der Waals surface area contributed by atoms with Gasteiger partial charge in [0.1, 0.15) is 0 Å². The molecule has 4 nitrogen and oxygen atoms in total. The molecule has 0 spiro atoms. The van der Waals surface area contributed by atoms with Gasteiger partial charge in [-0.25, -0.2) is 15.0 Å². The molecule has 1 aliphatic rings. The average Bonchev–Trinajstić information content (AvgIpc) is 3.60. The summed E-state index contributed by atoms with van der Waals surface area (Å²) in [4.78, 5) is 17.2. The van der Waals surface area contributed by atoms with Crippen LogP contribution in [0.15, 0.2) is 231 Å². The molecular formula is C60H44N4. The second-order valence-corrected chi connectivity index (χ2v) is 16.9. The van der Waals surface area contributed by atoms with Crippen molar-refractivity contribution in [3.63, 3.8) is 0 Å². The van der Waals surface area contributed by atoms with Gasteiger partial charge in [0, 0.05) is 39.2 Å². The van der Waals surface area contributed by atoms with Crippen molar-refractivity contribution in [2.75, 3.05) is 4.90 Å². The second-order valence-electron chi connectivity index (χ2n) is 16.9. The summed E-state index contributed by atoms with van der Waals surface area (Å²) in [6, 6.07) is 81.7. The lowest BCUT2D eigenvalue weighted by atomic mass is 9.81. The van der Waals surface area contributed by atoms with E-state index >= 15 is 0 Å². The van der Waals surface area contributed by atoms with E-state index in [1.165, 1.54) is 50.1 Å². The molecule has 0 amide bonds. The van der Waals surface area contributed by atoms with Gasteiger partial charge in [0.05, 0.1) is 0 Å². The van der Waals surface area contributed by atoms with Crippen LogP contribution in [0.25, 0.3) is 78.7 Å². The summed E-state index contributed by atoms with van der Waals surface area (Å²) in [6.45, 7) is 4.67. The second kappa shape index (κ2) is 16.2. The highest BCUT2D eigenvalue weighted by molar-refractivity contribution is 5.85. The van der Waals surface area contributed by atoms with Crippen molar-refractivity contribution in [1.29, 1.82) is 0 Å². The molecule has 64 heavy (non-hydrogen) atoms. The van der Waals surface area contributed by atoms with Crippen molar-refractivity contribution in [2.45, 2.75) is 19.3 Å². The van der Waals surface area contributed by atoms with Gasteiger partial charge in [-0.2, -0.15) is 0 Å². The molecule has 304 valence electrons. The highest BCUT2D eigenvalue weighted by atomic mass is 15.1. The van der Waals surface area contributed by atoms with Gasteiger partial charge in [-0.05, 0) is 110 Å². The first-order valence-corrected chi connectivity index (χ1v) is 21.8. The molecule has 0 aliphatic heterocycles. The van der Waals surface area contributed by atoms with Crippen LogP contribution < -0.4 is 4.90 Å². The van der Waals surface area contributed by atoms with Crippen LogP contribution >= 0.6 is 0 Å². The lowest BCUT2D eigenvalue weighted by Crippen LogP contribution is -2.14. The molecule has 9 aromatic carbocycles. The number of benzene rings is 9. The van der Waals surface area contributed by atoms with Gasteiger partial charge < -0.3 is 4.90 Å². The van der Waals surface area contributed by atoms with Crippen LogP contribution in [0, 0.1) is 0 Å². The molecule has 0 radical (unpaired) electrons. The monoisotopic (exact) mass is 820 g/mol. The molecule has 1 aromatic heterocycles. The highest BCUT2D eigenvalue weighted by Gasteiger charge is 2.35. The normalized spacial score (nSPS) is 12.3. The number of fused-ring (bicyclic) bond motifs is 3. The van der Waals surface area contributed by atoms with Crippen molar-refractivity contribution < 1.29 is 0 Å². The first-order valence-electron chi connectivity index (χ1n) is 21.8. The van der Waals surface area contributed by atoms with Crippen molar-refractivity contribution in [2.24, 2.45) is 0 Å². The van der Waals surface area contributed by atoms with E-state index < -0.39 is 0 Å². The Morgan fingerprint density at radius 1 is 0.281 bits per heavy atom. The number of hydrogen-bond donors (Lipinski definition) is 0. The predicted octanol–water partition coefficient (Wildman–Crippen LogP) is 15.6. The minimum atomic E-state index is -0.0610. The molecule has 1 aliphatic carbocycles. The first kappa shape index (κ1) is 38.7. The quantitative estimate of drug-likeness (QED) is 0.145. The van der Waals surface area contributed by atoms with Crippen molar-refractivity contribution in [3.8, 4) is 78.7 Å². The molecule has 0 fully saturated rings. The lowest BCUT2D eigenvalue weighted by Gasteiger charge is -2.26. The summed E-state index contributed by atoms with van der Waals surface area (Å²) in [6.07, 6.45) is 0. The zero-order valence-electron chi connectivity index (χ0n) is 35.7. The third-order valence-corrected chi connectivity index (χ3v) is 12.6. The molecule has 0 N–H and O–H groups in total. The predicted molar refractivity (Wildman–Crippen MR) is 265 cm³/mol. The summed E-state index contributed by atoms with van der Waals surface area (Å²) >= 11 is 0. The van der Waals surface area contributed by atoms with Crippen LogP contribution in [0.4, 0.5) is 17.1 Å². The minimum Gasteiger partial charge on any atom is -0.311 e. The molecule has 4 heteroatoms. The Balaban J connectivity index is 0.954. The van der Waals surface area contributed by atoms with E-state index in [-0.39, 0.29) is 5.41 Å². The Morgan fingerprint density at radius 2 is 0.594 bits per heavy atom. The summed E-state index contributed by atoms with van der Waals surface area (Å²) in [5.74, 6) is 1.90. The summed E-state index contributed by atoms with van der Waals surface area (Å²) < 4.78 is 0. The number of nitrogens with zero attached hydrogens (tertiary/aromatic N) is 4. The van der Waals surface area contributed by atoms with Crippen LogP contribution in [0.2, 0.25) is 0 Å². The van der Waals surface area contributed by atoms with E-state index in [1.54, 1.807) is 0 Å². The van der Waals surface area contributed by atoms with E-state index in [0.29, 0.717) is 17.5 Å². The van der Waals surface area contributed by atoms with Gasteiger partial charge in [-0.1, -0.05) is 190 Å². The van der Waals surface area contributed by atoms with Crippen molar-refractivity contribution in [3.05, 3.63) is 242 Å². The van der Waals surface area contributed by atoms with Gasteiger partial charge in [-0.3, -0.25) is 0 Å². The Bertz CT molecular complexity index is 3180. The fourth-order valence-corrected chi connectivity index (χ4v) is 9.12. The average molecular weight is 821 g/mol. The van der Waals surface area contributed by atoms with Crippen LogP contribution in [0.5, 0.6) is 0 Å². The van der Waals surface area contributed by atoms with Crippen LogP contribution in [0.3, 0.4) is 0 Å². The Kier molecular flexibility index (Phi) is 9.82. The summed E-state index contributed by atoms with van der Waals surface area (Å²) in [5, 5.41) is 0. The highest BCUT2D eigenvalue weighted by Crippen LogP contribution is 2.49. The molecule has 0 unspecified atom stereocenters. The van der Waals surface area contributed by atoms with Crippen molar-refractivity contribution in [1.82, 2.24) is 15.0 Å². The SMILES string of the molecule is CC1(C)c2ccccc2-c2ccc(-c3ccc(N(c4ccc(-c5ccc(-c6ccccc6)cc5)cc4)c4ccc(-c5nc(-c6ccccc6)nc(-c6ccccc6)n5)cc4)cc3)cc21. The maximum Gasteiger partial charge on any atom is 0.164 e. The molecule has 0 saturated heterocycles. The maximum atomic E-state index is 5.00. The van der Waals surface area contributed by atoms with Gasteiger partial charge in [-0.15, -0.1) is 0 Å². The number of hydrogen-bond acceptors (Lipinski definition) is 4. The summed E-state index contributed by atoms with van der Waals surface area (Å²) in [5.41, 5.74) is 18.5. The third kappa shape index (κ3) is 7.25. The van der Waals surface area contributed by atoms with E-state index in [2.05, 4.69) is 189 Å². The lowest BCUT2D eigenvalue weighted by molar-refractivity contribution is 0.660. The van der Waals surface area contributed by atoms with Gasteiger partial charge >= 0.3 is 0 Å². The Morgan fingerprint density at radius 3 is 1.06 bits per heavy atom.